The number of hydrogen-bond acceptors (Lipinski definition) is 6. The zero-order valence-electron chi connectivity index (χ0n) is 11.1. The number of carboxylic acid groups (broad SMARTS) is 2. The van der Waals surface area contributed by atoms with Crippen molar-refractivity contribution in [3.63, 3.8) is 0 Å². The van der Waals surface area contributed by atoms with E-state index in [2.05, 4.69) is 4.74 Å². The van der Waals surface area contributed by atoms with E-state index in [1.165, 1.54) is 0 Å². The molecule has 0 saturated carbocycles. The summed E-state index contributed by atoms with van der Waals surface area (Å²) in [7, 11) is 0. The number of rotatable bonds is 9. The molecule has 112 valence electrons. The fraction of sp³-hybridized carbons (Fsp3) is 0.583. The Bertz CT molecular complexity index is 411. The normalized spacial score (nSPS) is 11.8. The van der Waals surface area contributed by atoms with E-state index in [9.17, 15) is 24.0 Å². The predicted molar refractivity (Wildman–Crippen MR) is 63.9 cm³/mol. The molecule has 0 radical (unpaired) electrons. The molecule has 0 saturated heterocycles. The van der Waals surface area contributed by atoms with Gasteiger partial charge < -0.3 is 14.9 Å². The van der Waals surface area contributed by atoms with Crippen LogP contribution in [0.15, 0.2) is 0 Å². The second kappa shape index (κ2) is 8.03. The highest BCUT2D eigenvalue weighted by molar-refractivity contribution is 6.00. The Balaban J connectivity index is 4.93. The SMILES string of the molecule is CCC(=O)C[C@H](OC(C)=O)C(=O)CC(C(=O)O)C(=O)O. The van der Waals surface area contributed by atoms with E-state index in [0.717, 1.165) is 6.92 Å². The number of carbonyl (C=O) groups excluding carboxylic acids is 3. The number of esters is 1. The van der Waals surface area contributed by atoms with Crippen molar-refractivity contribution in [1.29, 1.82) is 0 Å². The Kier molecular flexibility index (Phi) is 7.12. The molecular formula is C12H16O8. The van der Waals surface area contributed by atoms with Gasteiger partial charge in [-0.3, -0.25) is 24.0 Å². The van der Waals surface area contributed by atoms with Gasteiger partial charge in [0.2, 0.25) is 0 Å². The molecule has 0 aromatic heterocycles. The largest absolute Gasteiger partial charge is 0.481 e. The van der Waals surface area contributed by atoms with Crippen molar-refractivity contribution in [1.82, 2.24) is 0 Å². The van der Waals surface area contributed by atoms with Crippen LogP contribution in [0.5, 0.6) is 0 Å². The maximum atomic E-state index is 11.8. The summed E-state index contributed by atoms with van der Waals surface area (Å²) in [6.07, 6.45) is -2.56. The molecule has 0 aromatic carbocycles. The van der Waals surface area contributed by atoms with Crippen molar-refractivity contribution in [2.45, 2.75) is 39.2 Å². The van der Waals surface area contributed by atoms with Gasteiger partial charge in [-0.2, -0.15) is 0 Å². The maximum Gasteiger partial charge on any atom is 0.318 e. The fourth-order valence-corrected chi connectivity index (χ4v) is 1.39. The molecule has 0 heterocycles. The van der Waals surface area contributed by atoms with E-state index < -0.39 is 42.1 Å². The Hall–Kier alpha value is -2.25. The van der Waals surface area contributed by atoms with Crippen LogP contribution in [-0.2, 0) is 28.7 Å². The second-order valence-electron chi connectivity index (χ2n) is 4.09. The first kappa shape index (κ1) is 17.8. The third-order valence-corrected chi connectivity index (χ3v) is 2.48. The van der Waals surface area contributed by atoms with Gasteiger partial charge in [0.25, 0.3) is 0 Å². The molecule has 0 fully saturated rings. The number of ether oxygens (including phenoxy) is 1. The summed E-state index contributed by atoms with van der Waals surface area (Å²) in [6.45, 7) is 2.58. The van der Waals surface area contributed by atoms with Crippen molar-refractivity contribution >= 4 is 29.5 Å². The van der Waals surface area contributed by atoms with E-state index in [-0.39, 0.29) is 18.6 Å². The maximum absolute atomic E-state index is 11.8. The summed E-state index contributed by atoms with van der Waals surface area (Å²) < 4.78 is 4.65. The number of aliphatic carboxylic acids is 2. The van der Waals surface area contributed by atoms with Gasteiger partial charge >= 0.3 is 17.9 Å². The highest BCUT2D eigenvalue weighted by Gasteiger charge is 2.33. The Morgan fingerprint density at radius 2 is 1.50 bits per heavy atom. The predicted octanol–water partition coefficient (Wildman–Crippen LogP) is 0.0319. The van der Waals surface area contributed by atoms with Gasteiger partial charge in [0, 0.05) is 19.8 Å². The fourth-order valence-electron chi connectivity index (χ4n) is 1.39. The third kappa shape index (κ3) is 6.07. The minimum absolute atomic E-state index is 0.117. The molecular weight excluding hydrogens is 272 g/mol. The van der Waals surface area contributed by atoms with Crippen LogP contribution in [0.3, 0.4) is 0 Å². The zero-order chi connectivity index (χ0) is 15.9. The topological polar surface area (TPSA) is 135 Å². The van der Waals surface area contributed by atoms with E-state index in [0.29, 0.717) is 0 Å². The molecule has 0 aliphatic heterocycles. The minimum atomic E-state index is -1.93. The van der Waals surface area contributed by atoms with Gasteiger partial charge in [0.15, 0.2) is 17.8 Å². The quantitative estimate of drug-likeness (QED) is 0.448. The Labute approximate surface area is 114 Å². The molecule has 2 N–H and O–H groups in total. The van der Waals surface area contributed by atoms with Crippen LogP contribution in [0.4, 0.5) is 0 Å². The van der Waals surface area contributed by atoms with Crippen LogP contribution in [0.2, 0.25) is 0 Å². The lowest BCUT2D eigenvalue weighted by Crippen LogP contribution is -2.34. The van der Waals surface area contributed by atoms with Crippen LogP contribution < -0.4 is 0 Å². The summed E-state index contributed by atoms with van der Waals surface area (Å²) in [5.41, 5.74) is 0. The number of carbonyl (C=O) groups is 5. The molecule has 8 nitrogen and oxygen atoms in total. The Morgan fingerprint density at radius 1 is 1.00 bits per heavy atom. The highest BCUT2D eigenvalue weighted by atomic mass is 16.5. The molecule has 1 atom stereocenters. The van der Waals surface area contributed by atoms with Crippen molar-refractivity contribution in [2.24, 2.45) is 5.92 Å². The van der Waals surface area contributed by atoms with Crippen LogP contribution in [0.25, 0.3) is 0 Å². The number of Topliss-reactive ketones (excluding diaryl/α,β-unsaturated/α-hetero) is 2. The van der Waals surface area contributed by atoms with Crippen LogP contribution >= 0.6 is 0 Å². The molecule has 0 amide bonds. The van der Waals surface area contributed by atoms with E-state index in [1.807, 2.05) is 0 Å². The molecule has 0 unspecified atom stereocenters. The van der Waals surface area contributed by atoms with Crippen LogP contribution in [0.1, 0.15) is 33.1 Å². The van der Waals surface area contributed by atoms with E-state index in [4.69, 9.17) is 10.2 Å². The van der Waals surface area contributed by atoms with Crippen molar-refractivity contribution < 1.29 is 38.9 Å². The van der Waals surface area contributed by atoms with Crippen LogP contribution in [-0.4, -0.2) is 45.8 Å². The number of ketones is 2. The van der Waals surface area contributed by atoms with Gasteiger partial charge in [-0.05, 0) is 0 Å². The van der Waals surface area contributed by atoms with E-state index in [1.54, 1.807) is 6.92 Å². The lowest BCUT2D eigenvalue weighted by atomic mass is 9.97. The molecule has 0 spiro atoms. The second-order valence-corrected chi connectivity index (χ2v) is 4.09. The van der Waals surface area contributed by atoms with Gasteiger partial charge in [-0.25, -0.2) is 0 Å². The highest BCUT2D eigenvalue weighted by Crippen LogP contribution is 2.12. The first-order chi connectivity index (χ1) is 9.18. The molecule has 0 bridgehead atoms. The van der Waals surface area contributed by atoms with Crippen molar-refractivity contribution in [2.75, 3.05) is 0 Å². The van der Waals surface area contributed by atoms with Gasteiger partial charge in [0.1, 0.15) is 5.78 Å². The zero-order valence-corrected chi connectivity index (χ0v) is 11.1. The minimum Gasteiger partial charge on any atom is -0.481 e. The summed E-state index contributed by atoms with van der Waals surface area (Å²) in [5.74, 6) is -7.35. The summed E-state index contributed by atoms with van der Waals surface area (Å²) in [5, 5.41) is 17.4. The first-order valence-corrected chi connectivity index (χ1v) is 5.86. The average Bonchev–Trinajstić information content (AvgIpc) is 2.33. The lowest BCUT2D eigenvalue weighted by Gasteiger charge is -2.16. The van der Waals surface area contributed by atoms with Crippen molar-refractivity contribution in [3.05, 3.63) is 0 Å². The van der Waals surface area contributed by atoms with Crippen LogP contribution in [0, 0.1) is 5.92 Å². The van der Waals surface area contributed by atoms with Gasteiger partial charge in [-0.15, -0.1) is 0 Å². The molecule has 0 rings (SSSR count). The summed E-state index contributed by atoms with van der Waals surface area (Å²) >= 11 is 0. The smallest absolute Gasteiger partial charge is 0.318 e. The van der Waals surface area contributed by atoms with Gasteiger partial charge in [-0.1, -0.05) is 6.92 Å². The molecule has 20 heavy (non-hydrogen) atoms. The Morgan fingerprint density at radius 3 is 1.85 bits per heavy atom. The average molecular weight is 288 g/mol. The lowest BCUT2D eigenvalue weighted by molar-refractivity contribution is -0.159. The monoisotopic (exact) mass is 288 g/mol. The summed E-state index contributed by atoms with van der Waals surface area (Å²) in [6, 6.07) is 0. The standard InChI is InChI=1S/C12H16O8/c1-3-7(14)4-10(20-6(2)13)9(15)5-8(11(16)17)12(18)19/h8,10H,3-5H2,1-2H3,(H,16,17)(H,18,19)/t10-/m0/s1. The third-order valence-electron chi connectivity index (χ3n) is 2.48. The van der Waals surface area contributed by atoms with Crippen molar-refractivity contribution in [3.8, 4) is 0 Å². The molecule has 0 aromatic rings. The first-order valence-electron chi connectivity index (χ1n) is 5.86. The number of carboxylic acids is 2. The molecule has 8 heteroatoms. The van der Waals surface area contributed by atoms with E-state index >= 15 is 0 Å². The molecule has 0 aliphatic carbocycles. The summed E-state index contributed by atoms with van der Waals surface area (Å²) in [4.78, 5) is 55.3. The molecule has 0 aliphatic rings. The van der Waals surface area contributed by atoms with Gasteiger partial charge in [0.05, 0.1) is 6.42 Å². The number of hydrogen-bond donors (Lipinski definition) is 2.